The van der Waals surface area contributed by atoms with Crippen LogP contribution >= 0.6 is 0 Å². The van der Waals surface area contributed by atoms with Gasteiger partial charge in [-0.3, -0.25) is 14.7 Å². The molecule has 39 heavy (non-hydrogen) atoms. The number of carbonyl (C=O) groups excluding carboxylic acids is 2. The maximum Gasteiger partial charge on any atom is 0.481 e. The van der Waals surface area contributed by atoms with Gasteiger partial charge in [-0.15, -0.1) is 0 Å². The first-order valence-corrected chi connectivity index (χ1v) is 14.1. The second-order valence-corrected chi connectivity index (χ2v) is 12.8. The number of aromatic nitrogens is 2. The van der Waals surface area contributed by atoms with E-state index in [4.69, 9.17) is 9.31 Å². The molecule has 10 heteroatoms. The van der Waals surface area contributed by atoms with Crippen molar-refractivity contribution in [1.29, 1.82) is 0 Å². The van der Waals surface area contributed by atoms with Gasteiger partial charge in [0.05, 0.1) is 29.4 Å². The number of aliphatic hydroxyl groups is 1. The topological polar surface area (TPSA) is 126 Å². The van der Waals surface area contributed by atoms with Gasteiger partial charge in [0.25, 0.3) is 5.91 Å². The lowest BCUT2D eigenvalue weighted by molar-refractivity contribution is -0.199. The summed E-state index contributed by atoms with van der Waals surface area (Å²) in [6.07, 6.45) is 1.62. The Bertz CT molecular complexity index is 1200. The van der Waals surface area contributed by atoms with Crippen molar-refractivity contribution in [2.75, 3.05) is 0 Å². The minimum absolute atomic E-state index is 0.00251. The maximum absolute atomic E-state index is 13.5. The first-order valence-electron chi connectivity index (χ1n) is 14.1. The summed E-state index contributed by atoms with van der Waals surface area (Å²) in [6.45, 7) is 12.4. The summed E-state index contributed by atoms with van der Waals surface area (Å²) in [4.78, 5) is 26.5. The Balaban J connectivity index is 1.27. The molecule has 9 nitrogen and oxygen atoms in total. The second-order valence-electron chi connectivity index (χ2n) is 12.8. The van der Waals surface area contributed by atoms with E-state index in [2.05, 4.69) is 55.4 Å². The summed E-state index contributed by atoms with van der Waals surface area (Å²) in [7, 11) is -0.590. The van der Waals surface area contributed by atoms with Crippen LogP contribution in [0.1, 0.15) is 71.3 Å². The molecule has 1 aromatic carbocycles. The molecular formula is C29H41BN4O5. The highest BCUT2D eigenvalue weighted by molar-refractivity contribution is 6.48. The van der Waals surface area contributed by atoms with Crippen LogP contribution in [-0.4, -0.2) is 64.0 Å². The van der Waals surface area contributed by atoms with Gasteiger partial charge in [-0.2, -0.15) is 5.10 Å². The van der Waals surface area contributed by atoms with Gasteiger partial charge < -0.3 is 25.0 Å². The van der Waals surface area contributed by atoms with Crippen LogP contribution < -0.4 is 10.6 Å². The molecule has 4 N–H and O–H groups in total. The van der Waals surface area contributed by atoms with Gasteiger partial charge in [-0.1, -0.05) is 58.0 Å². The number of aromatic amines is 1. The Hall–Kier alpha value is -2.69. The Morgan fingerprint density at radius 3 is 2.51 bits per heavy atom. The first kappa shape index (κ1) is 27.9. The fourth-order valence-corrected chi connectivity index (χ4v) is 6.91. The van der Waals surface area contributed by atoms with Gasteiger partial charge in [0, 0.05) is 5.56 Å². The Morgan fingerprint density at radius 1 is 1.15 bits per heavy atom. The van der Waals surface area contributed by atoms with Gasteiger partial charge >= 0.3 is 7.12 Å². The molecule has 2 heterocycles. The van der Waals surface area contributed by atoms with Crippen molar-refractivity contribution in [3.8, 4) is 11.3 Å². The van der Waals surface area contributed by atoms with Gasteiger partial charge in [-0.05, 0) is 62.3 Å². The molecule has 2 aromatic rings. The highest BCUT2D eigenvalue weighted by Crippen LogP contribution is 2.65. The largest absolute Gasteiger partial charge is 0.481 e. The highest BCUT2D eigenvalue weighted by atomic mass is 16.7. The molecule has 3 saturated carbocycles. The van der Waals surface area contributed by atoms with Crippen LogP contribution in [0, 0.1) is 23.2 Å². The van der Waals surface area contributed by atoms with Crippen LogP contribution in [0.15, 0.2) is 36.4 Å². The van der Waals surface area contributed by atoms with E-state index in [0.717, 1.165) is 18.4 Å². The smallest absolute Gasteiger partial charge is 0.404 e. The highest BCUT2D eigenvalue weighted by Gasteiger charge is 2.68. The molecular weight excluding hydrogens is 495 g/mol. The molecule has 2 amide bonds. The maximum atomic E-state index is 13.5. The molecule has 0 unspecified atom stereocenters. The lowest BCUT2D eigenvalue weighted by Gasteiger charge is -2.64. The average Bonchev–Trinajstić information content (AvgIpc) is 3.51. The van der Waals surface area contributed by atoms with Gasteiger partial charge in [0.1, 0.15) is 11.7 Å². The zero-order chi connectivity index (χ0) is 28.1. The molecule has 2 bridgehead atoms. The molecule has 6 rings (SSSR count). The number of benzene rings is 1. The minimum atomic E-state index is -1.17. The number of carbonyl (C=O) groups is 2. The van der Waals surface area contributed by atoms with Crippen molar-refractivity contribution in [3.63, 3.8) is 0 Å². The lowest BCUT2D eigenvalue weighted by Crippen LogP contribution is -2.65. The molecule has 1 saturated heterocycles. The standard InChI is InChI=1S/C29H41BN4O5/c1-16(2)12-24(30-38-23-14-19-13-22(28(19,4)5)29(23,6)39-30)31-27(37)25(17(3)35)32-26(36)21-15-20(33-34-21)18-10-8-7-9-11-18/h7-11,15-17,19,22-25,35H,12-14H2,1-6H3,(H,31,37)(H,32,36)(H,33,34)/t17-,19+,22+,23-,24+,25+,29+/m1/s1. The van der Waals surface area contributed by atoms with E-state index >= 15 is 0 Å². The number of H-pyrrole nitrogens is 1. The van der Waals surface area contributed by atoms with Crippen molar-refractivity contribution in [2.24, 2.45) is 23.2 Å². The fraction of sp³-hybridized carbons (Fsp3) is 0.621. The summed E-state index contributed by atoms with van der Waals surface area (Å²) in [5.41, 5.74) is 1.50. The van der Waals surface area contributed by atoms with E-state index in [1.54, 1.807) is 6.07 Å². The van der Waals surface area contributed by atoms with Crippen molar-refractivity contribution in [3.05, 3.63) is 42.1 Å². The van der Waals surface area contributed by atoms with Crippen LogP contribution in [0.25, 0.3) is 11.3 Å². The Labute approximate surface area is 231 Å². The third-order valence-electron chi connectivity index (χ3n) is 9.29. The van der Waals surface area contributed by atoms with E-state index < -0.39 is 42.6 Å². The fourth-order valence-electron chi connectivity index (χ4n) is 6.91. The van der Waals surface area contributed by atoms with E-state index in [0.29, 0.717) is 24.0 Å². The first-order chi connectivity index (χ1) is 18.4. The number of aliphatic hydroxyl groups excluding tert-OH is 1. The number of nitrogens with one attached hydrogen (secondary N) is 3. The van der Waals surface area contributed by atoms with Crippen molar-refractivity contribution in [1.82, 2.24) is 20.8 Å². The summed E-state index contributed by atoms with van der Waals surface area (Å²) < 4.78 is 13.1. The monoisotopic (exact) mass is 536 g/mol. The van der Waals surface area contributed by atoms with Crippen LogP contribution in [-0.2, 0) is 14.1 Å². The quantitative estimate of drug-likeness (QED) is 0.365. The predicted octanol–water partition coefficient (Wildman–Crippen LogP) is 3.35. The van der Waals surface area contributed by atoms with Crippen LogP contribution in [0.3, 0.4) is 0 Å². The summed E-state index contributed by atoms with van der Waals surface area (Å²) in [5, 5.41) is 23.1. The Morgan fingerprint density at radius 2 is 1.87 bits per heavy atom. The molecule has 4 aliphatic rings. The zero-order valence-corrected chi connectivity index (χ0v) is 23.7. The molecule has 0 radical (unpaired) electrons. The van der Waals surface area contributed by atoms with Gasteiger partial charge in [0.2, 0.25) is 5.91 Å². The van der Waals surface area contributed by atoms with Crippen LogP contribution in [0.5, 0.6) is 0 Å². The SMILES string of the molecule is CC(C)C[C@H](NC(=O)[C@@H](NC(=O)c1cc(-c2ccccc2)n[nH]1)[C@@H](C)O)B1O[C@@H]2C[C@@H]3C[C@@H](C3(C)C)[C@]2(C)O1. The molecule has 4 fully saturated rings. The van der Waals surface area contributed by atoms with Crippen LogP contribution in [0.2, 0.25) is 0 Å². The number of amides is 2. The zero-order valence-electron chi connectivity index (χ0n) is 23.7. The molecule has 3 aliphatic carbocycles. The van der Waals surface area contributed by atoms with Crippen molar-refractivity contribution >= 4 is 18.9 Å². The second kappa shape index (κ2) is 10.4. The molecule has 7 atom stereocenters. The third kappa shape index (κ3) is 5.14. The number of rotatable bonds is 9. The molecule has 1 aliphatic heterocycles. The molecule has 1 aromatic heterocycles. The summed E-state index contributed by atoms with van der Waals surface area (Å²) >= 11 is 0. The Kier molecular flexibility index (Phi) is 7.41. The van der Waals surface area contributed by atoms with E-state index in [9.17, 15) is 14.7 Å². The molecule has 0 spiro atoms. The van der Waals surface area contributed by atoms with Crippen molar-refractivity contribution in [2.45, 2.75) is 90.6 Å². The minimum Gasteiger partial charge on any atom is -0.404 e. The van der Waals surface area contributed by atoms with E-state index in [1.807, 2.05) is 30.3 Å². The molecule has 210 valence electrons. The average molecular weight is 536 g/mol. The van der Waals surface area contributed by atoms with E-state index in [1.165, 1.54) is 6.92 Å². The number of hydrogen-bond donors (Lipinski definition) is 4. The number of hydrogen-bond acceptors (Lipinski definition) is 6. The van der Waals surface area contributed by atoms with E-state index in [-0.39, 0.29) is 23.1 Å². The van der Waals surface area contributed by atoms with Gasteiger partial charge in [-0.25, -0.2) is 0 Å². The third-order valence-corrected chi connectivity index (χ3v) is 9.29. The summed E-state index contributed by atoms with van der Waals surface area (Å²) in [6, 6.07) is 9.94. The number of nitrogens with zero attached hydrogens (tertiary/aromatic N) is 1. The van der Waals surface area contributed by atoms with Crippen molar-refractivity contribution < 1.29 is 24.0 Å². The van der Waals surface area contributed by atoms with Crippen LogP contribution in [0.4, 0.5) is 0 Å². The lowest BCUT2D eigenvalue weighted by atomic mass is 9.43. The normalized spacial score (nSPS) is 29.2. The summed E-state index contributed by atoms with van der Waals surface area (Å²) in [5.74, 6) is -0.127. The van der Waals surface area contributed by atoms with Gasteiger partial charge in [0.15, 0.2) is 0 Å². The predicted molar refractivity (Wildman–Crippen MR) is 148 cm³/mol.